The second-order valence-corrected chi connectivity index (χ2v) is 4.17. The summed E-state index contributed by atoms with van der Waals surface area (Å²) < 4.78 is 18.3. The molecule has 3 N–H and O–H groups in total. The highest BCUT2D eigenvalue weighted by atomic mass is 35.5. The van der Waals surface area contributed by atoms with Crippen LogP contribution >= 0.6 is 11.6 Å². The Morgan fingerprint density at radius 3 is 2.74 bits per heavy atom. The Labute approximate surface area is 113 Å². The maximum Gasteiger partial charge on any atom is 0.322 e. The van der Waals surface area contributed by atoms with Crippen LogP contribution in [0.1, 0.15) is 11.4 Å². The van der Waals surface area contributed by atoms with E-state index in [9.17, 15) is 4.39 Å². The van der Waals surface area contributed by atoms with Crippen LogP contribution in [0.15, 0.2) is 24.3 Å². The first-order chi connectivity index (χ1) is 8.95. The molecule has 0 saturated carbocycles. The molecule has 0 aliphatic heterocycles. The Morgan fingerprint density at radius 2 is 2.11 bits per heavy atom. The molecule has 0 radical (unpaired) electrons. The predicted octanol–water partition coefficient (Wildman–Crippen LogP) is 2.65. The molecule has 98 valence electrons. The smallest absolute Gasteiger partial charge is 0.322 e. The molecular weight excluding hydrogens is 271 g/mol. The zero-order valence-corrected chi connectivity index (χ0v) is 10.7. The summed E-state index contributed by atoms with van der Waals surface area (Å²) in [6, 6.07) is 5.26. The van der Waals surface area contributed by atoms with Gasteiger partial charge in [0, 0.05) is 5.69 Å². The average Bonchev–Trinajstić information content (AvgIpc) is 2.32. The van der Waals surface area contributed by atoms with Crippen LogP contribution in [0.25, 0.3) is 0 Å². The van der Waals surface area contributed by atoms with E-state index in [-0.39, 0.29) is 28.3 Å². The van der Waals surface area contributed by atoms with Crippen molar-refractivity contribution >= 4 is 17.4 Å². The molecule has 7 heteroatoms. The summed E-state index contributed by atoms with van der Waals surface area (Å²) in [4.78, 5) is 7.99. The van der Waals surface area contributed by atoms with Crippen molar-refractivity contribution in [2.75, 3.05) is 0 Å². The van der Waals surface area contributed by atoms with Crippen LogP contribution in [-0.2, 0) is 0 Å². The molecule has 0 amide bonds. The minimum atomic E-state index is -0.466. The lowest BCUT2D eigenvalue weighted by Crippen LogP contribution is -2.14. The molecular formula is C12H10ClFN4O. The molecule has 0 saturated heterocycles. The quantitative estimate of drug-likeness (QED) is 0.668. The molecule has 1 aromatic carbocycles. The number of aryl methyl sites for hydroxylation is 1. The van der Waals surface area contributed by atoms with E-state index in [1.807, 2.05) is 0 Å². The van der Waals surface area contributed by atoms with Crippen molar-refractivity contribution in [3.8, 4) is 11.8 Å². The number of nitrogens with two attached hydrogens (primary N) is 1. The van der Waals surface area contributed by atoms with Gasteiger partial charge in [-0.3, -0.25) is 5.41 Å². The first kappa shape index (κ1) is 13.2. The lowest BCUT2D eigenvalue weighted by molar-refractivity contribution is 0.439. The molecule has 0 spiro atoms. The third-order valence-corrected chi connectivity index (χ3v) is 2.50. The van der Waals surface area contributed by atoms with E-state index >= 15 is 0 Å². The number of ether oxygens (including phenoxy) is 1. The van der Waals surface area contributed by atoms with Crippen LogP contribution in [-0.4, -0.2) is 15.8 Å². The lowest BCUT2D eigenvalue weighted by atomic mass is 10.3. The number of aromatic nitrogens is 2. The van der Waals surface area contributed by atoms with Gasteiger partial charge in [0.1, 0.15) is 23.1 Å². The molecule has 0 aliphatic rings. The highest BCUT2D eigenvalue weighted by Crippen LogP contribution is 2.28. The second-order valence-electron chi connectivity index (χ2n) is 3.77. The highest BCUT2D eigenvalue weighted by molar-refractivity contribution is 6.32. The summed E-state index contributed by atoms with van der Waals surface area (Å²) in [6.07, 6.45) is 0. The Kier molecular flexibility index (Phi) is 3.62. The minimum Gasteiger partial charge on any atom is -0.423 e. The lowest BCUT2D eigenvalue weighted by Gasteiger charge is -2.07. The number of hydrogen-bond acceptors (Lipinski definition) is 4. The maximum atomic E-state index is 12.9. The monoisotopic (exact) mass is 280 g/mol. The van der Waals surface area contributed by atoms with E-state index in [1.165, 1.54) is 12.1 Å². The normalized spacial score (nSPS) is 10.3. The van der Waals surface area contributed by atoms with Gasteiger partial charge in [0.25, 0.3) is 0 Å². The third-order valence-electron chi connectivity index (χ3n) is 2.20. The van der Waals surface area contributed by atoms with Gasteiger partial charge in [-0.1, -0.05) is 11.6 Å². The Balaban J connectivity index is 2.35. The molecule has 0 fully saturated rings. The van der Waals surface area contributed by atoms with Crippen LogP contribution in [0.4, 0.5) is 4.39 Å². The number of benzene rings is 1. The number of nitrogens with one attached hydrogen (secondary N) is 1. The van der Waals surface area contributed by atoms with Gasteiger partial charge in [-0.25, -0.2) is 9.37 Å². The van der Waals surface area contributed by atoms with Gasteiger partial charge in [0.15, 0.2) is 0 Å². The topological polar surface area (TPSA) is 84.9 Å². The summed E-state index contributed by atoms with van der Waals surface area (Å²) in [6.45, 7) is 1.72. The first-order valence-corrected chi connectivity index (χ1v) is 5.66. The van der Waals surface area contributed by atoms with E-state index in [4.69, 9.17) is 27.5 Å². The molecule has 19 heavy (non-hydrogen) atoms. The first-order valence-electron chi connectivity index (χ1n) is 5.28. The van der Waals surface area contributed by atoms with Crippen molar-refractivity contribution in [1.82, 2.24) is 9.97 Å². The van der Waals surface area contributed by atoms with Gasteiger partial charge in [0.05, 0.1) is 5.02 Å². The Morgan fingerprint density at radius 1 is 1.37 bits per heavy atom. The number of nitrogens with zero attached hydrogens (tertiary/aromatic N) is 2. The van der Waals surface area contributed by atoms with Crippen molar-refractivity contribution in [2.45, 2.75) is 6.92 Å². The van der Waals surface area contributed by atoms with Crippen molar-refractivity contribution < 1.29 is 9.13 Å². The second kappa shape index (κ2) is 5.19. The summed E-state index contributed by atoms with van der Waals surface area (Å²) in [5, 5.41) is 7.44. The summed E-state index contributed by atoms with van der Waals surface area (Å²) in [5.41, 5.74) is 6.20. The fourth-order valence-electron chi connectivity index (χ4n) is 1.38. The van der Waals surface area contributed by atoms with E-state index in [1.54, 1.807) is 13.0 Å². The van der Waals surface area contributed by atoms with Crippen LogP contribution in [0, 0.1) is 18.2 Å². The number of rotatable bonds is 3. The average molecular weight is 281 g/mol. The zero-order valence-electron chi connectivity index (χ0n) is 9.95. The van der Waals surface area contributed by atoms with Gasteiger partial charge >= 0.3 is 6.01 Å². The zero-order chi connectivity index (χ0) is 14.0. The van der Waals surface area contributed by atoms with Crippen LogP contribution in [0.5, 0.6) is 11.8 Å². The van der Waals surface area contributed by atoms with Gasteiger partial charge < -0.3 is 10.5 Å². The number of nitrogen functional groups attached to an aromatic ring is 1. The number of amidine groups is 1. The van der Waals surface area contributed by atoms with Crippen LogP contribution in [0.2, 0.25) is 5.02 Å². The number of halogens is 2. The van der Waals surface area contributed by atoms with Crippen molar-refractivity contribution in [1.29, 1.82) is 5.41 Å². The number of hydrogen-bond donors (Lipinski definition) is 2. The third kappa shape index (κ3) is 3.17. The highest BCUT2D eigenvalue weighted by Gasteiger charge is 2.09. The van der Waals surface area contributed by atoms with E-state index < -0.39 is 5.82 Å². The molecule has 1 heterocycles. The standard InChI is InChI=1S/C12H10ClFN4O/c1-6-4-9(11(15)16)18-12(17-6)19-10-3-2-7(14)5-8(10)13/h2-5H,1H3,(H3,15,16). The predicted molar refractivity (Wildman–Crippen MR) is 69.3 cm³/mol. The summed E-state index contributed by atoms with van der Waals surface area (Å²) in [7, 11) is 0. The molecule has 0 unspecified atom stereocenters. The fourth-order valence-corrected chi connectivity index (χ4v) is 1.59. The van der Waals surface area contributed by atoms with E-state index in [2.05, 4.69) is 9.97 Å². The van der Waals surface area contributed by atoms with Crippen molar-refractivity contribution in [3.05, 3.63) is 46.5 Å². The molecule has 2 rings (SSSR count). The van der Waals surface area contributed by atoms with Gasteiger partial charge in [0.2, 0.25) is 0 Å². The largest absolute Gasteiger partial charge is 0.423 e. The van der Waals surface area contributed by atoms with E-state index in [0.29, 0.717) is 5.69 Å². The SMILES string of the molecule is Cc1cc(C(=N)N)nc(Oc2ccc(F)cc2Cl)n1. The van der Waals surface area contributed by atoms with Crippen molar-refractivity contribution in [2.24, 2.45) is 5.73 Å². The molecule has 5 nitrogen and oxygen atoms in total. The minimum absolute atomic E-state index is 0.00120. The van der Waals surface area contributed by atoms with Gasteiger partial charge in [-0.2, -0.15) is 4.98 Å². The van der Waals surface area contributed by atoms with E-state index in [0.717, 1.165) is 6.07 Å². The summed E-state index contributed by atoms with van der Waals surface area (Å²) in [5.74, 6) is -0.435. The van der Waals surface area contributed by atoms with Crippen molar-refractivity contribution in [3.63, 3.8) is 0 Å². The van der Waals surface area contributed by atoms with Gasteiger partial charge in [-0.05, 0) is 31.2 Å². The van der Waals surface area contributed by atoms with Crippen LogP contribution < -0.4 is 10.5 Å². The molecule has 0 aliphatic carbocycles. The van der Waals surface area contributed by atoms with Gasteiger partial charge in [-0.15, -0.1) is 0 Å². The Hall–Kier alpha value is -2.21. The molecule has 0 atom stereocenters. The molecule has 2 aromatic rings. The molecule has 0 bridgehead atoms. The summed E-state index contributed by atoms with van der Waals surface area (Å²) >= 11 is 5.83. The molecule has 1 aromatic heterocycles. The Bertz CT molecular complexity index is 648. The maximum absolute atomic E-state index is 12.9. The fraction of sp³-hybridized carbons (Fsp3) is 0.0833. The van der Waals surface area contributed by atoms with Crippen LogP contribution in [0.3, 0.4) is 0 Å².